The van der Waals surface area contributed by atoms with Crippen molar-refractivity contribution in [1.82, 2.24) is 14.0 Å². The fraction of sp³-hybridized carbons (Fsp3) is 0.400. The van der Waals surface area contributed by atoms with Gasteiger partial charge in [-0.2, -0.15) is 17.6 Å². The summed E-state index contributed by atoms with van der Waals surface area (Å²) in [5.41, 5.74) is -2.48. The van der Waals surface area contributed by atoms with Crippen LogP contribution in [0.15, 0.2) is 42.7 Å². The summed E-state index contributed by atoms with van der Waals surface area (Å²) in [6.07, 6.45) is 4.12. The lowest BCUT2D eigenvalue weighted by atomic mass is 10.1. The molecule has 3 aromatic heterocycles. The third-order valence-electron chi connectivity index (χ3n) is 6.04. The van der Waals surface area contributed by atoms with E-state index in [0.29, 0.717) is 13.0 Å². The van der Waals surface area contributed by atoms with E-state index in [2.05, 4.69) is 70.8 Å². The van der Waals surface area contributed by atoms with Crippen molar-refractivity contribution in [1.29, 1.82) is 0 Å². The van der Waals surface area contributed by atoms with Gasteiger partial charge in [0.1, 0.15) is 6.04 Å². The molecule has 1 N–H and O–H groups in total. The number of esters is 1. The number of carbonyl (C=O) groups excluding carboxylic acids is 1. The predicted octanol–water partition coefficient (Wildman–Crippen LogP) is 4.51. The van der Waals surface area contributed by atoms with Gasteiger partial charge in [0.25, 0.3) is 5.82 Å². The van der Waals surface area contributed by atoms with Gasteiger partial charge in [0.05, 0.1) is 25.0 Å². The maximum Gasteiger partial charge on any atom is 0.485 e. The molecule has 0 spiro atoms. The average molecular weight is 600 g/mol. The summed E-state index contributed by atoms with van der Waals surface area (Å²) in [4.78, 5) is 19.3. The Morgan fingerprint density at radius 1 is 1.25 bits per heavy atom. The minimum atomic E-state index is -6.09. The standard InChI is InChI=1S/C24H28N5O2S.CHF3O3S/c1-15-19(16-9-7-6-8-10-16)29-22(26-24(2,3)4)20-21-25-11-12-27(21)14-17(13-18(30)31-5)28(20)23(29)32-15;2-1(3,4)8(5,6)7/h6-12,17,26H,13-14H2,1-5H3;(H,5,6,7)/q+1;/p-1. The number of rotatable bonds is 4. The maximum absolute atomic E-state index is 12.3. The van der Waals surface area contributed by atoms with Crippen LogP contribution < -0.4 is 9.88 Å². The number of thiazole rings is 1. The third kappa shape index (κ3) is 5.71. The number of methoxy groups -OCH3 is 1. The van der Waals surface area contributed by atoms with E-state index < -0.39 is 15.6 Å². The largest absolute Gasteiger partial charge is 0.741 e. The number of benzene rings is 1. The number of hydrogen-bond acceptors (Lipinski definition) is 8. The van der Waals surface area contributed by atoms with Crippen LogP contribution in [0.2, 0.25) is 0 Å². The summed E-state index contributed by atoms with van der Waals surface area (Å²) in [6.45, 7) is 9.31. The second-order valence-electron chi connectivity index (χ2n) is 10.2. The Balaban J connectivity index is 0.000000406. The first-order chi connectivity index (χ1) is 18.5. The van der Waals surface area contributed by atoms with Crippen LogP contribution in [0.25, 0.3) is 27.7 Å². The van der Waals surface area contributed by atoms with Gasteiger partial charge in [0.2, 0.25) is 5.69 Å². The van der Waals surface area contributed by atoms with E-state index in [-0.39, 0.29) is 17.6 Å². The smallest absolute Gasteiger partial charge is 0.485 e. The van der Waals surface area contributed by atoms with Gasteiger partial charge in [0, 0.05) is 23.5 Å². The van der Waals surface area contributed by atoms with Crippen molar-refractivity contribution in [3.63, 3.8) is 0 Å². The Hall–Kier alpha value is -3.43. The third-order valence-corrected chi connectivity index (χ3v) is 7.67. The molecule has 1 aliphatic rings. The Bertz CT molecular complexity index is 1650. The molecule has 0 amide bonds. The van der Waals surface area contributed by atoms with Crippen LogP contribution in [0.5, 0.6) is 0 Å². The zero-order chi connectivity index (χ0) is 29.6. The molecular formula is C25H28F3N5O5S2. The van der Waals surface area contributed by atoms with E-state index >= 15 is 0 Å². The fourth-order valence-corrected chi connectivity index (χ4v) is 5.72. The molecule has 1 aromatic carbocycles. The first-order valence-corrected chi connectivity index (χ1v) is 14.3. The molecule has 5 rings (SSSR count). The molecule has 4 heterocycles. The highest BCUT2D eigenvalue weighted by atomic mass is 32.2. The number of carbonyl (C=O) groups is 1. The van der Waals surface area contributed by atoms with E-state index in [4.69, 9.17) is 22.7 Å². The van der Waals surface area contributed by atoms with Crippen LogP contribution in [0.1, 0.15) is 38.1 Å². The van der Waals surface area contributed by atoms with Gasteiger partial charge < -0.3 is 19.2 Å². The number of nitrogens with zero attached hydrogens (tertiary/aromatic N) is 4. The van der Waals surface area contributed by atoms with Gasteiger partial charge in [-0.15, -0.1) is 0 Å². The summed E-state index contributed by atoms with van der Waals surface area (Å²) < 4.78 is 70.7. The van der Waals surface area contributed by atoms with Crippen LogP contribution in [0, 0.1) is 6.92 Å². The van der Waals surface area contributed by atoms with Crippen LogP contribution in [0.3, 0.4) is 0 Å². The number of aryl methyl sites for hydroxylation is 1. The van der Waals surface area contributed by atoms with E-state index in [1.165, 1.54) is 12.0 Å². The molecule has 1 unspecified atom stereocenters. The molecule has 15 heteroatoms. The van der Waals surface area contributed by atoms with E-state index in [1.54, 1.807) is 11.3 Å². The molecule has 0 bridgehead atoms. The number of nitrogens with one attached hydrogen (secondary N) is 1. The minimum Gasteiger partial charge on any atom is -0.741 e. The molecule has 0 aliphatic carbocycles. The van der Waals surface area contributed by atoms with Gasteiger partial charge in [-0.25, -0.2) is 18.0 Å². The zero-order valence-corrected chi connectivity index (χ0v) is 23.9. The monoisotopic (exact) mass is 599 g/mol. The fourth-order valence-electron chi connectivity index (χ4n) is 4.53. The molecule has 1 aliphatic heterocycles. The van der Waals surface area contributed by atoms with Crippen molar-refractivity contribution in [2.45, 2.75) is 57.7 Å². The van der Waals surface area contributed by atoms with Crippen LogP contribution in [-0.4, -0.2) is 51.0 Å². The van der Waals surface area contributed by atoms with Gasteiger partial charge in [0.15, 0.2) is 21.6 Å². The summed E-state index contributed by atoms with van der Waals surface area (Å²) in [5.74, 6) is 1.70. The lowest BCUT2D eigenvalue weighted by Gasteiger charge is -2.24. The van der Waals surface area contributed by atoms with E-state index in [0.717, 1.165) is 33.6 Å². The summed E-state index contributed by atoms with van der Waals surface area (Å²) in [6, 6.07) is 10.4. The lowest BCUT2D eigenvalue weighted by molar-refractivity contribution is -0.690. The quantitative estimate of drug-likeness (QED) is 0.159. The normalized spacial score (nSPS) is 15.2. The molecule has 0 fully saturated rings. The molecular weight excluding hydrogens is 571 g/mol. The maximum atomic E-state index is 12.3. The van der Waals surface area contributed by atoms with Crippen molar-refractivity contribution in [3.05, 3.63) is 47.6 Å². The second kappa shape index (κ2) is 10.5. The first kappa shape index (κ1) is 29.6. The highest BCUT2D eigenvalue weighted by molar-refractivity contribution is 7.86. The van der Waals surface area contributed by atoms with Gasteiger partial charge >= 0.3 is 16.4 Å². The van der Waals surface area contributed by atoms with Gasteiger partial charge in [-0.1, -0.05) is 41.7 Å². The van der Waals surface area contributed by atoms with Crippen molar-refractivity contribution >= 4 is 38.2 Å². The zero-order valence-electron chi connectivity index (χ0n) is 22.3. The molecule has 0 saturated carbocycles. The summed E-state index contributed by atoms with van der Waals surface area (Å²) >= 11 is 1.75. The summed E-state index contributed by atoms with van der Waals surface area (Å²) in [5, 5.41) is 3.75. The Kier molecular flexibility index (Phi) is 7.77. The van der Waals surface area contributed by atoms with Crippen molar-refractivity contribution in [2.24, 2.45) is 0 Å². The molecule has 0 radical (unpaired) electrons. The number of hydrogen-bond donors (Lipinski definition) is 1. The second-order valence-corrected chi connectivity index (χ2v) is 12.7. The van der Waals surface area contributed by atoms with Gasteiger partial charge in [-0.3, -0.25) is 4.79 Å². The molecule has 0 saturated heterocycles. The van der Waals surface area contributed by atoms with Crippen LogP contribution in [0.4, 0.5) is 19.0 Å². The SMILES string of the molecule is COC(=O)CC1Cn2ccnc2-c2c(NC(C)(C)C)n3c(-c4ccccc4)c(C)sc3[n+]21.O=S(=O)([O-])C(F)(F)F. The number of fused-ring (bicyclic) bond motifs is 5. The van der Waals surface area contributed by atoms with Crippen molar-refractivity contribution in [3.8, 4) is 22.8 Å². The molecule has 10 nitrogen and oxygen atoms in total. The van der Waals surface area contributed by atoms with Crippen LogP contribution in [-0.2, 0) is 26.2 Å². The average Bonchev–Trinajstić information content (AvgIpc) is 3.51. The van der Waals surface area contributed by atoms with Crippen molar-refractivity contribution in [2.75, 3.05) is 12.4 Å². The van der Waals surface area contributed by atoms with Gasteiger partial charge in [-0.05, 0) is 27.7 Å². The molecule has 4 aromatic rings. The Labute approximate surface area is 232 Å². The molecule has 216 valence electrons. The summed E-state index contributed by atoms with van der Waals surface area (Å²) in [7, 11) is -4.64. The highest BCUT2D eigenvalue weighted by Gasteiger charge is 2.43. The number of anilines is 1. The molecule has 40 heavy (non-hydrogen) atoms. The number of aromatic nitrogens is 4. The highest BCUT2D eigenvalue weighted by Crippen LogP contribution is 2.41. The Morgan fingerprint density at radius 2 is 1.88 bits per heavy atom. The first-order valence-electron chi connectivity index (χ1n) is 12.1. The lowest BCUT2D eigenvalue weighted by Crippen LogP contribution is -2.47. The Morgan fingerprint density at radius 3 is 2.42 bits per heavy atom. The van der Waals surface area contributed by atoms with E-state index in [9.17, 15) is 18.0 Å². The minimum absolute atomic E-state index is 0.0636. The predicted molar refractivity (Wildman–Crippen MR) is 142 cm³/mol. The van der Waals surface area contributed by atoms with Crippen LogP contribution >= 0.6 is 11.3 Å². The number of alkyl halides is 3. The number of halogens is 3. The topological polar surface area (TPSA) is 122 Å². The number of ether oxygens (including phenoxy) is 1. The number of imidazole rings is 2. The molecule has 1 atom stereocenters. The van der Waals surface area contributed by atoms with E-state index in [1.807, 2.05) is 18.5 Å². The van der Waals surface area contributed by atoms with Crippen molar-refractivity contribution < 1.29 is 40.2 Å².